The molecule has 0 aromatic heterocycles. The summed E-state index contributed by atoms with van der Waals surface area (Å²) in [6.07, 6.45) is 0. The third kappa shape index (κ3) is 2.34. The molecule has 4 nitrogen and oxygen atoms in total. The van der Waals surface area contributed by atoms with Crippen molar-refractivity contribution in [3.63, 3.8) is 0 Å². The Labute approximate surface area is 79.5 Å². The third-order valence-corrected chi connectivity index (χ3v) is 2.53. The lowest BCUT2D eigenvalue weighted by Gasteiger charge is -2.42. The predicted molar refractivity (Wildman–Crippen MR) is 52.4 cm³/mol. The summed E-state index contributed by atoms with van der Waals surface area (Å²) >= 11 is 0. The lowest BCUT2D eigenvalue weighted by atomic mass is 9.85. The van der Waals surface area contributed by atoms with E-state index in [4.69, 9.17) is 5.73 Å². The van der Waals surface area contributed by atoms with Crippen LogP contribution in [-0.2, 0) is 0 Å². The van der Waals surface area contributed by atoms with Crippen LogP contribution in [0.1, 0.15) is 20.8 Å². The van der Waals surface area contributed by atoms with Gasteiger partial charge in [-0.1, -0.05) is 20.8 Å². The molecule has 76 valence electrons. The van der Waals surface area contributed by atoms with Crippen LogP contribution in [0.15, 0.2) is 0 Å². The zero-order valence-corrected chi connectivity index (χ0v) is 8.63. The number of amides is 2. The van der Waals surface area contributed by atoms with Crippen LogP contribution in [0, 0.1) is 5.41 Å². The summed E-state index contributed by atoms with van der Waals surface area (Å²) in [5.74, 6) is 0. The molecule has 1 aliphatic heterocycles. The van der Waals surface area contributed by atoms with Gasteiger partial charge in [0.25, 0.3) is 0 Å². The topological polar surface area (TPSA) is 58.4 Å². The van der Waals surface area contributed by atoms with E-state index in [2.05, 4.69) is 26.1 Å². The van der Waals surface area contributed by atoms with E-state index in [1.54, 1.807) is 4.90 Å². The maximum Gasteiger partial charge on any atom is 0.315 e. The van der Waals surface area contributed by atoms with Gasteiger partial charge in [-0.15, -0.1) is 0 Å². The van der Waals surface area contributed by atoms with E-state index < -0.39 is 0 Å². The number of hydrogen-bond donors (Lipinski definition) is 2. The van der Waals surface area contributed by atoms with Crippen LogP contribution < -0.4 is 11.1 Å². The summed E-state index contributed by atoms with van der Waals surface area (Å²) in [4.78, 5) is 12.9. The van der Waals surface area contributed by atoms with E-state index in [9.17, 15) is 4.79 Å². The SMILES string of the molecule is CC(C)(C)C1CNCCN1C(N)=O. The Morgan fingerprint density at radius 2 is 2.15 bits per heavy atom. The first-order valence-corrected chi connectivity index (χ1v) is 4.69. The van der Waals surface area contributed by atoms with Gasteiger partial charge in [-0.2, -0.15) is 0 Å². The molecule has 2 amide bonds. The fourth-order valence-corrected chi connectivity index (χ4v) is 1.74. The first-order chi connectivity index (χ1) is 5.93. The molecule has 1 unspecified atom stereocenters. The molecule has 1 fully saturated rings. The van der Waals surface area contributed by atoms with Gasteiger partial charge in [-0.05, 0) is 5.41 Å². The van der Waals surface area contributed by atoms with Crippen LogP contribution in [0.2, 0.25) is 0 Å². The van der Waals surface area contributed by atoms with Gasteiger partial charge >= 0.3 is 6.03 Å². The van der Waals surface area contributed by atoms with E-state index in [0.29, 0.717) is 0 Å². The van der Waals surface area contributed by atoms with Gasteiger partial charge in [0.05, 0.1) is 6.04 Å². The monoisotopic (exact) mass is 185 g/mol. The molecule has 0 aromatic rings. The molecule has 3 N–H and O–H groups in total. The van der Waals surface area contributed by atoms with Crippen LogP contribution in [0.25, 0.3) is 0 Å². The Hall–Kier alpha value is -0.770. The molecule has 0 aromatic carbocycles. The Kier molecular flexibility index (Phi) is 2.81. The quantitative estimate of drug-likeness (QED) is 0.573. The van der Waals surface area contributed by atoms with Gasteiger partial charge in [0, 0.05) is 19.6 Å². The number of carbonyl (C=O) groups excluding carboxylic acids is 1. The summed E-state index contributed by atoms with van der Waals surface area (Å²) in [5, 5.41) is 3.28. The molecule has 1 aliphatic rings. The molecule has 1 rings (SSSR count). The highest BCUT2D eigenvalue weighted by molar-refractivity contribution is 5.72. The zero-order chi connectivity index (χ0) is 10.1. The fourth-order valence-electron chi connectivity index (χ4n) is 1.74. The molecule has 1 atom stereocenters. The average Bonchev–Trinajstić information content (AvgIpc) is 2.03. The van der Waals surface area contributed by atoms with Crippen molar-refractivity contribution in [2.24, 2.45) is 11.1 Å². The van der Waals surface area contributed by atoms with Gasteiger partial charge < -0.3 is 16.0 Å². The van der Waals surface area contributed by atoms with Crippen molar-refractivity contribution in [3.8, 4) is 0 Å². The second kappa shape index (κ2) is 3.54. The number of nitrogens with two attached hydrogens (primary N) is 1. The zero-order valence-electron chi connectivity index (χ0n) is 8.63. The Morgan fingerprint density at radius 1 is 1.54 bits per heavy atom. The lowest BCUT2D eigenvalue weighted by molar-refractivity contribution is 0.102. The minimum Gasteiger partial charge on any atom is -0.351 e. The molecule has 0 bridgehead atoms. The highest BCUT2D eigenvalue weighted by Crippen LogP contribution is 2.24. The number of nitrogens with zero attached hydrogens (tertiary/aromatic N) is 1. The fraction of sp³-hybridized carbons (Fsp3) is 0.889. The van der Waals surface area contributed by atoms with Crippen molar-refractivity contribution in [3.05, 3.63) is 0 Å². The highest BCUT2D eigenvalue weighted by Gasteiger charge is 2.33. The van der Waals surface area contributed by atoms with Crippen LogP contribution in [-0.4, -0.2) is 36.6 Å². The summed E-state index contributed by atoms with van der Waals surface area (Å²) in [6, 6.07) is -0.0971. The van der Waals surface area contributed by atoms with Gasteiger partial charge in [0.2, 0.25) is 0 Å². The minimum absolute atomic E-state index is 0.0858. The van der Waals surface area contributed by atoms with Crippen molar-refractivity contribution >= 4 is 6.03 Å². The number of rotatable bonds is 0. The molecule has 0 saturated carbocycles. The summed E-state index contributed by atoms with van der Waals surface area (Å²) < 4.78 is 0. The maximum absolute atomic E-state index is 11.1. The smallest absolute Gasteiger partial charge is 0.315 e. The second-order valence-corrected chi connectivity index (χ2v) is 4.62. The average molecular weight is 185 g/mol. The van der Waals surface area contributed by atoms with E-state index in [1.807, 2.05) is 0 Å². The lowest BCUT2D eigenvalue weighted by Crippen LogP contribution is -2.59. The Bertz CT molecular complexity index is 198. The van der Waals surface area contributed by atoms with Crippen molar-refractivity contribution in [2.45, 2.75) is 26.8 Å². The first kappa shape index (κ1) is 10.3. The van der Waals surface area contributed by atoms with E-state index in [1.165, 1.54) is 0 Å². The predicted octanol–water partition coefficient (Wildman–Crippen LogP) is 0.385. The van der Waals surface area contributed by atoms with Crippen molar-refractivity contribution in [1.82, 2.24) is 10.2 Å². The van der Waals surface area contributed by atoms with Gasteiger partial charge in [-0.3, -0.25) is 0 Å². The summed E-state index contributed by atoms with van der Waals surface area (Å²) in [6.45, 7) is 8.78. The number of piperazine rings is 1. The summed E-state index contributed by atoms with van der Waals surface area (Å²) in [7, 11) is 0. The third-order valence-electron chi connectivity index (χ3n) is 2.53. The van der Waals surface area contributed by atoms with Gasteiger partial charge in [-0.25, -0.2) is 4.79 Å². The van der Waals surface area contributed by atoms with E-state index in [0.717, 1.165) is 19.6 Å². The Balaban J connectivity index is 2.73. The summed E-state index contributed by atoms with van der Waals surface area (Å²) in [5.41, 5.74) is 5.40. The molecule has 1 heterocycles. The molecule has 0 radical (unpaired) electrons. The largest absolute Gasteiger partial charge is 0.351 e. The van der Waals surface area contributed by atoms with Crippen molar-refractivity contribution < 1.29 is 4.79 Å². The maximum atomic E-state index is 11.1. The first-order valence-electron chi connectivity index (χ1n) is 4.69. The number of carbonyl (C=O) groups is 1. The molecule has 13 heavy (non-hydrogen) atoms. The number of nitrogens with one attached hydrogen (secondary N) is 1. The van der Waals surface area contributed by atoms with E-state index >= 15 is 0 Å². The molecule has 1 saturated heterocycles. The minimum atomic E-state index is -0.304. The van der Waals surface area contributed by atoms with Crippen molar-refractivity contribution in [2.75, 3.05) is 19.6 Å². The van der Waals surface area contributed by atoms with Gasteiger partial charge in [0.1, 0.15) is 0 Å². The molecular formula is C9H19N3O. The normalized spacial score (nSPS) is 24.5. The number of urea groups is 1. The molecule has 4 heteroatoms. The van der Waals surface area contributed by atoms with Crippen LogP contribution in [0.5, 0.6) is 0 Å². The van der Waals surface area contributed by atoms with E-state index in [-0.39, 0.29) is 17.5 Å². The standard InChI is InChI=1S/C9H19N3O/c1-9(2,3)7-6-11-4-5-12(7)8(10)13/h7,11H,4-6H2,1-3H3,(H2,10,13). The van der Waals surface area contributed by atoms with Crippen LogP contribution in [0.3, 0.4) is 0 Å². The van der Waals surface area contributed by atoms with Crippen LogP contribution >= 0.6 is 0 Å². The van der Waals surface area contributed by atoms with Gasteiger partial charge in [0.15, 0.2) is 0 Å². The Morgan fingerprint density at radius 3 is 2.54 bits per heavy atom. The molecule has 0 aliphatic carbocycles. The van der Waals surface area contributed by atoms with Crippen LogP contribution in [0.4, 0.5) is 4.79 Å². The number of hydrogen-bond acceptors (Lipinski definition) is 2. The molecule has 0 spiro atoms. The number of primary amides is 1. The second-order valence-electron chi connectivity index (χ2n) is 4.62. The highest BCUT2D eigenvalue weighted by atomic mass is 16.2. The molecular weight excluding hydrogens is 166 g/mol. The van der Waals surface area contributed by atoms with Crippen molar-refractivity contribution in [1.29, 1.82) is 0 Å².